The van der Waals surface area contributed by atoms with Gasteiger partial charge in [-0.25, -0.2) is 14.0 Å². The van der Waals surface area contributed by atoms with Crippen LogP contribution in [-0.2, 0) is 4.79 Å². The average molecular weight is 301 g/mol. The number of hydrogen-bond donors (Lipinski definition) is 4. The third-order valence-corrected chi connectivity index (χ3v) is 2.37. The van der Waals surface area contributed by atoms with Gasteiger partial charge in [-0.3, -0.25) is 10.1 Å². The summed E-state index contributed by atoms with van der Waals surface area (Å²) in [6.45, 7) is -0.456. The second kappa shape index (κ2) is 7.14. The van der Waals surface area contributed by atoms with Gasteiger partial charge in [-0.15, -0.1) is 0 Å². The van der Waals surface area contributed by atoms with Crippen molar-refractivity contribution in [2.45, 2.75) is 12.5 Å². The highest BCUT2D eigenvalue weighted by atomic mass is 19.1. The van der Waals surface area contributed by atoms with Gasteiger partial charge < -0.3 is 20.8 Å². The van der Waals surface area contributed by atoms with Crippen LogP contribution in [0.5, 0.6) is 0 Å². The Morgan fingerprint density at radius 2 is 2.05 bits per heavy atom. The van der Waals surface area contributed by atoms with E-state index >= 15 is 0 Å². The van der Waals surface area contributed by atoms with Gasteiger partial charge >= 0.3 is 12.0 Å². The number of benzene rings is 1. The number of anilines is 1. The highest BCUT2D eigenvalue weighted by Crippen LogP contribution is 2.19. The molecule has 0 aliphatic carbocycles. The number of rotatable bonds is 6. The molecule has 1 aromatic rings. The summed E-state index contributed by atoms with van der Waals surface area (Å²) in [5.41, 5.74) is -0.761. The zero-order chi connectivity index (χ0) is 16.0. The minimum Gasteiger partial charge on any atom is -0.480 e. The number of nitrogens with one attached hydrogen (secondary N) is 2. The monoisotopic (exact) mass is 301 g/mol. The highest BCUT2D eigenvalue weighted by Gasteiger charge is 2.19. The zero-order valence-corrected chi connectivity index (χ0v) is 10.6. The summed E-state index contributed by atoms with van der Waals surface area (Å²) in [6, 6.07) is 0.114. The van der Waals surface area contributed by atoms with Crippen molar-refractivity contribution < 1.29 is 29.1 Å². The summed E-state index contributed by atoms with van der Waals surface area (Å²) in [5, 5.41) is 32.1. The quantitative estimate of drug-likeness (QED) is 0.450. The molecule has 2 amide bonds. The molecule has 0 aromatic heterocycles. The number of urea groups is 1. The number of hydrogen-bond acceptors (Lipinski definition) is 5. The molecule has 4 N–H and O–H groups in total. The first-order valence-corrected chi connectivity index (χ1v) is 5.69. The summed E-state index contributed by atoms with van der Waals surface area (Å²) in [7, 11) is 0. The largest absolute Gasteiger partial charge is 0.480 e. The molecule has 0 saturated carbocycles. The van der Waals surface area contributed by atoms with Crippen LogP contribution in [0.4, 0.5) is 20.6 Å². The van der Waals surface area contributed by atoms with Gasteiger partial charge in [-0.1, -0.05) is 0 Å². The van der Waals surface area contributed by atoms with E-state index in [9.17, 15) is 24.1 Å². The Bertz CT molecular complexity index is 565. The predicted molar refractivity (Wildman–Crippen MR) is 68.3 cm³/mol. The minimum absolute atomic E-state index is 0.202. The Morgan fingerprint density at radius 1 is 1.38 bits per heavy atom. The zero-order valence-electron chi connectivity index (χ0n) is 10.6. The van der Waals surface area contributed by atoms with Gasteiger partial charge in [0.2, 0.25) is 0 Å². The van der Waals surface area contributed by atoms with Gasteiger partial charge in [-0.2, -0.15) is 0 Å². The van der Waals surface area contributed by atoms with E-state index in [1.807, 2.05) is 5.32 Å². The molecule has 0 saturated heterocycles. The van der Waals surface area contributed by atoms with E-state index in [0.29, 0.717) is 6.07 Å². The predicted octanol–water partition coefficient (Wildman–Crippen LogP) is 0.691. The van der Waals surface area contributed by atoms with Crippen molar-refractivity contribution in [1.82, 2.24) is 5.32 Å². The Kier molecular flexibility index (Phi) is 5.55. The van der Waals surface area contributed by atoms with Crippen LogP contribution in [0, 0.1) is 15.9 Å². The Balaban J connectivity index is 2.78. The van der Waals surface area contributed by atoms with Crippen molar-refractivity contribution in [3.05, 3.63) is 34.1 Å². The van der Waals surface area contributed by atoms with E-state index in [1.165, 1.54) is 0 Å². The Hall–Kier alpha value is -2.75. The van der Waals surface area contributed by atoms with Crippen LogP contribution in [-0.4, -0.2) is 39.8 Å². The number of nitro groups is 1. The number of halogens is 1. The molecule has 9 nitrogen and oxygen atoms in total. The van der Waals surface area contributed by atoms with Crippen LogP contribution >= 0.6 is 0 Å². The molecule has 10 heteroatoms. The molecule has 1 aromatic carbocycles. The van der Waals surface area contributed by atoms with Crippen LogP contribution < -0.4 is 10.6 Å². The SMILES string of the molecule is O=C(Nc1cc(F)cc([N+](=O)[O-])c1)N[C@H](CCO)C(=O)O. The van der Waals surface area contributed by atoms with Crippen LogP contribution in [0.25, 0.3) is 0 Å². The Labute approximate surface area is 117 Å². The maximum Gasteiger partial charge on any atom is 0.326 e. The first kappa shape index (κ1) is 16.3. The van der Waals surface area contributed by atoms with Crippen molar-refractivity contribution in [3.8, 4) is 0 Å². The number of amides is 2. The van der Waals surface area contributed by atoms with Crippen LogP contribution in [0.2, 0.25) is 0 Å². The summed E-state index contributed by atoms with van der Waals surface area (Å²) in [6.07, 6.45) is -0.216. The van der Waals surface area contributed by atoms with Gasteiger partial charge in [0.05, 0.1) is 16.7 Å². The molecule has 0 radical (unpaired) electrons. The van der Waals surface area contributed by atoms with Crippen molar-refractivity contribution in [3.63, 3.8) is 0 Å². The third-order valence-electron chi connectivity index (χ3n) is 2.37. The lowest BCUT2D eigenvalue weighted by molar-refractivity contribution is -0.385. The number of nitro benzene ring substituents is 1. The second-order valence-electron chi connectivity index (χ2n) is 3.96. The van der Waals surface area contributed by atoms with Gasteiger partial charge in [0.25, 0.3) is 5.69 Å². The lowest BCUT2D eigenvalue weighted by atomic mass is 10.2. The van der Waals surface area contributed by atoms with Crippen LogP contribution in [0.1, 0.15) is 6.42 Å². The van der Waals surface area contributed by atoms with Gasteiger partial charge in [0, 0.05) is 19.1 Å². The molecule has 0 aliphatic heterocycles. The first-order chi connectivity index (χ1) is 9.83. The lowest BCUT2D eigenvalue weighted by Crippen LogP contribution is -2.43. The molecule has 0 fully saturated rings. The number of carboxylic acids is 1. The van der Waals surface area contributed by atoms with E-state index in [1.54, 1.807) is 0 Å². The number of aliphatic hydroxyl groups is 1. The minimum atomic E-state index is -1.36. The smallest absolute Gasteiger partial charge is 0.326 e. The van der Waals surface area contributed by atoms with E-state index in [0.717, 1.165) is 12.1 Å². The number of aliphatic carboxylic acids is 1. The molecule has 1 atom stereocenters. The fraction of sp³-hybridized carbons (Fsp3) is 0.273. The molecule has 0 bridgehead atoms. The van der Waals surface area contributed by atoms with E-state index in [4.69, 9.17) is 10.2 Å². The van der Waals surface area contributed by atoms with E-state index < -0.39 is 41.1 Å². The molecule has 21 heavy (non-hydrogen) atoms. The lowest BCUT2D eigenvalue weighted by Gasteiger charge is -2.14. The molecule has 0 spiro atoms. The number of carbonyl (C=O) groups excluding carboxylic acids is 1. The van der Waals surface area contributed by atoms with Gasteiger partial charge in [0.15, 0.2) is 0 Å². The maximum atomic E-state index is 13.1. The van der Waals surface area contributed by atoms with Crippen LogP contribution in [0.3, 0.4) is 0 Å². The van der Waals surface area contributed by atoms with Crippen molar-refractivity contribution in [1.29, 1.82) is 0 Å². The van der Waals surface area contributed by atoms with Crippen molar-refractivity contribution >= 4 is 23.4 Å². The highest BCUT2D eigenvalue weighted by molar-refractivity contribution is 5.92. The number of aliphatic hydroxyl groups excluding tert-OH is 1. The molecule has 114 valence electrons. The molecular weight excluding hydrogens is 289 g/mol. The number of non-ortho nitro benzene ring substituents is 1. The van der Waals surface area contributed by atoms with E-state index in [2.05, 4.69) is 5.32 Å². The number of nitrogens with zero attached hydrogens (tertiary/aromatic N) is 1. The van der Waals surface area contributed by atoms with Crippen molar-refractivity contribution in [2.24, 2.45) is 0 Å². The maximum absolute atomic E-state index is 13.1. The summed E-state index contributed by atoms with van der Waals surface area (Å²) >= 11 is 0. The normalized spacial score (nSPS) is 11.5. The average Bonchev–Trinajstić information content (AvgIpc) is 2.37. The summed E-state index contributed by atoms with van der Waals surface area (Å²) in [4.78, 5) is 32.0. The van der Waals surface area contributed by atoms with E-state index in [-0.39, 0.29) is 12.1 Å². The standard InChI is InChI=1S/C11H12FN3O6/c12-6-3-7(5-8(4-6)15(20)21)13-11(19)14-9(1-2-16)10(17)18/h3-5,9,16H,1-2H2,(H,17,18)(H2,13,14,19)/t9-/m1/s1. The molecular formula is C11H12FN3O6. The fourth-order valence-corrected chi connectivity index (χ4v) is 1.46. The van der Waals surface area contributed by atoms with Crippen LogP contribution in [0.15, 0.2) is 18.2 Å². The van der Waals surface area contributed by atoms with Gasteiger partial charge in [0.1, 0.15) is 11.9 Å². The summed E-state index contributed by atoms with van der Waals surface area (Å²) in [5.74, 6) is -2.28. The number of carbonyl (C=O) groups is 2. The number of carboxylic acid groups (broad SMARTS) is 1. The third kappa shape index (κ3) is 5.03. The first-order valence-electron chi connectivity index (χ1n) is 5.69. The molecule has 0 unspecified atom stereocenters. The Morgan fingerprint density at radius 3 is 2.57 bits per heavy atom. The molecule has 1 rings (SSSR count). The summed E-state index contributed by atoms with van der Waals surface area (Å²) < 4.78 is 13.1. The topological polar surface area (TPSA) is 142 Å². The molecule has 0 heterocycles. The van der Waals surface area contributed by atoms with Crippen molar-refractivity contribution in [2.75, 3.05) is 11.9 Å². The van der Waals surface area contributed by atoms with Gasteiger partial charge in [-0.05, 0) is 6.07 Å². The second-order valence-corrected chi connectivity index (χ2v) is 3.96. The molecule has 0 aliphatic rings. The fourth-order valence-electron chi connectivity index (χ4n) is 1.46.